The standard InChI is InChI=1S/C33H40N4O4S/c1-5-24-9-8-12-31(32(24)34-6-2)42(39,40)35-28-15-13-27(21-23(28)3)33(38)37-19-17-36(18-20-37)29-16-14-26(22-30(29)41-4)25-10-7-11-25/h6,8-9,12-16,21-22,25,35H,5,7,10-11,17-20H2,1-4H3/b34-6-. The SMILES string of the molecule is C/C=N\c1c(CC)cccc1S(=O)(=O)Nc1ccc(C(=O)N2CCN(c3ccc(C4CCC4)cc3OC)CC2)cc1C. The monoisotopic (exact) mass is 588 g/mol. The predicted molar refractivity (Wildman–Crippen MR) is 169 cm³/mol. The number of anilines is 2. The van der Waals surface area contributed by atoms with Crippen molar-refractivity contribution >= 4 is 39.2 Å². The van der Waals surface area contributed by atoms with Gasteiger partial charge >= 0.3 is 0 Å². The molecule has 1 saturated carbocycles. The number of sulfonamides is 1. The minimum absolute atomic E-state index is 0.0605. The molecule has 0 atom stereocenters. The van der Waals surface area contributed by atoms with Crippen LogP contribution in [0.1, 0.15) is 66.1 Å². The van der Waals surface area contributed by atoms with Crippen LogP contribution in [-0.4, -0.2) is 58.7 Å². The van der Waals surface area contributed by atoms with Crippen molar-refractivity contribution in [3.63, 3.8) is 0 Å². The molecule has 1 N–H and O–H groups in total. The maximum atomic E-state index is 13.4. The lowest BCUT2D eigenvalue weighted by atomic mass is 9.80. The Balaban J connectivity index is 1.26. The summed E-state index contributed by atoms with van der Waals surface area (Å²) in [6.07, 6.45) is 6.06. The third kappa shape index (κ3) is 6.02. The zero-order valence-corrected chi connectivity index (χ0v) is 25.7. The first-order valence-electron chi connectivity index (χ1n) is 14.7. The number of hydrogen-bond donors (Lipinski definition) is 1. The minimum Gasteiger partial charge on any atom is -0.495 e. The molecule has 0 radical (unpaired) electrons. The van der Waals surface area contributed by atoms with E-state index in [-0.39, 0.29) is 10.8 Å². The highest BCUT2D eigenvalue weighted by molar-refractivity contribution is 7.92. The number of para-hydroxylation sites is 1. The van der Waals surface area contributed by atoms with Gasteiger partial charge in [-0.25, -0.2) is 8.42 Å². The van der Waals surface area contributed by atoms with E-state index in [1.165, 1.54) is 24.8 Å². The summed E-state index contributed by atoms with van der Waals surface area (Å²) in [7, 11) is -2.18. The Hall–Kier alpha value is -3.85. The molecule has 8 nitrogen and oxygen atoms in total. The quantitative estimate of drug-likeness (QED) is 0.296. The summed E-state index contributed by atoms with van der Waals surface area (Å²) in [6.45, 7) is 8.14. The second-order valence-electron chi connectivity index (χ2n) is 11.0. The molecule has 9 heteroatoms. The first-order chi connectivity index (χ1) is 20.2. The Morgan fingerprint density at radius 2 is 1.83 bits per heavy atom. The van der Waals surface area contributed by atoms with Gasteiger partial charge in [-0.05, 0) is 92.1 Å². The Labute approximate surface area is 249 Å². The zero-order valence-electron chi connectivity index (χ0n) is 24.9. The van der Waals surface area contributed by atoms with E-state index in [1.807, 2.05) is 17.9 Å². The lowest BCUT2D eigenvalue weighted by Gasteiger charge is -2.37. The maximum absolute atomic E-state index is 13.4. The third-order valence-electron chi connectivity index (χ3n) is 8.42. The zero-order chi connectivity index (χ0) is 29.9. The maximum Gasteiger partial charge on any atom is 0.264 e. The highest BCUT2D eigenvalue weighted by Crippen LogP contribution is 2.40. The van der Waals surface area contributed by atoms with Crippen molar-refractivity contribution in [3.05, 3.63) is 76.9 Å². The predicted octanol–water partition coefficient (Wildman–Crippen LogP) is 6.32. The summed E-state index contributed by atoms with van der Waals surface area (Å²) >= 11 is 0. The number of piperazine rings is 1. The van der Waals surface area contributed by atoms with Gasteiger partial charge in [-0.1, -0.05) is 31.5 Å². The van der Waals surface area contributed by atoms with Crippen molar-refractivity contribution in [3.8, 4) is 5.75 Å². The van der Waals surface area contributed by atoms with Crippen LogP contribution in [0.25, 0.3) is 0 Å². The first-order valence-corrected chi connectivity index (χ1v) is 16.2. The normalized spacial score (nSPS) is 16.0. The van der Waals surface area contributed by atoms with Crippen LogP contribution in [0.4, 0.5) is 17.1 Å². The van der Waals surface area contributed by atoms with Crippen molar-refractivity contribution in [1.29, 1.82) is 0 Å². The van der Waals surface area contributed by atoms with Crippen molar-refractivity contribution in [2.45, 2.75) is 57.3 Å². The van der Waals surface area contributed by atoms with Crippen LogP contribution in [0, 0.1) is 6.92 Å². The van der Waals surface area contributed by atoms with Gasteiger partial charge in [-0.3, -0.25) is 14.5 Å². The first kappa shape index (κ1) is 29.6. The number of benzene rings is 3. The number of aliphatic imine (C=N–C) groups is 1. The molecule has 3 aromatic rings. The fourth-order valence-electron chi connectivity index (χ4n) is 5.74. The van der Waals surface area contributed by atoms with Gasteiger partial charge in [-0.2, -0.15) is 0 Å². The summed E-state index contributed by atoms with van der Waals surface area (Å²) in [6, 6.07) is 16.8. The molecule has 1 aliphatic heterocycles. The third-order valence-corrected chi connectivity index (χ3v) is 9.81. The average molecular weight is 589 g/mol. The van der Waals surface area contributed by atoms with Crippen molar-refractivity contribution < 1.29 is 17.9 Å². The van der Waals surface area contributed by atoms with Crippen molar-refractivity contribution in [2.24, 2.45) is 4.99 Å². The molecule has 0 spiro atoms. The summed E-state index contributed by atoms with van der Waals surface area (Å²) < 4.78 is 35.2. The molecule has 5 rings (SSSR count). The molecule has 42 heavy (non-hydrogen) atoms. The smallest absolute Gasteiger partial charge is 0.264 e. The molecular formula is C33H40N4O4S. The molecule has 1 heterocycles. The van der Waals surface area contributed by atoms with E-state index in [9.17, 15) is 13.2 Å². The number of carbonyl (C=O) groups excluding carboxylic acids is 1. The molecule has 1 aliphatic carbocycles. The number of ether oxygens (including phenoxy) is 1. The molecule has 222 valence electrons. The summed E-state index contributed by atoms with van der Waals surface area (Å²) in [5.74, 6) is 1.48. The molecule has 0 bridgehead atoms. The van der Waals surface area contributed by atoms with Crippen LogP contribution in [0.3, 0.4) is 0 Å². The summed E-state index contributed by atoms with van der Waals surface area (Å²) in [4.78, 5) is 22.0. The largest absolute Gasteiger partial charge is 0.495 e. The van der Waals surface area contributed by atoms with E-state index < -0.39 is 10.0 Å². The highest BCUT2D eigenvalue weighted by atomic mass is 32.2. The van der Waals surface area contributed by atoms with Crippen LogP contribution in [0.2, 0.25) is 0 Å². The number of rotatable bonds is 9. The van der Waals surface area contributed by atoms with Crippen LogP contribution in [0.15, 0.2) is 64.5 Å². The Morgan fingerprint density at radius 1 is 1.07 bits per heavy atom. The van der Waals surface area contributed by atoms with Gasteiger partial charge in [0.1, 0.15) is 10.6 Å². The Kier molecular flexibility index (Phi) is 8.87. The van der Waals surface area contributed by atoms with Gasteiger partial charge in [-0.15, -0.1) is 0 Å². The molecule has 1 amide bonds. The minimum atomic E-state index is -3.89. The molecule has 0 unspecified atom stereocenters. The topological polar surface area (TPSA) is 91.3 Å². The van der Waals surface area contributed by atoms with E-state index in [0.717, 1.165) is 17.0 Å². The van der Waals surface area contributed by atoms with Crippen LogP contribution >= 0.6 is 0 Å². The van der Waals surface area contributed by atoms with Gasteiger partial charge in [0, 0.05) is 38.0 Å². The van der Waals surface area contributed by atoms with E-state index in [0.29, 0.717) is 61.0 Å². The number of amides is 1. The second-order valence-corrected chi connectivity index (χ2v) is 12.6. The molecule has 0 aromatic heterocycles. The van der Waals surface area contributed by atoms with Crippen molar-refractivity contribution in [2.75, 3.05) is 42.9 Å². The number of nitrogens with zero attached hydrogens (tertiary/aromatic N) is 3. The van der Waals surface area contributed by atoms with Gasteiger partial charge in [0.2, 0.25) is 0 Å². The van der Waals surface area contributed by atoms with Gasteiger partial charge in [0.15, 0.2) is 0 Å². The molecular weight excluding hydrogens is 548 g/mol. The van der Waals surface area contributed by atoms with E-state index in [1.54, 1.807) is 57.5 Å². The number of methoxy groups -OCH3 is 1. The lowest BCUT2D eigenvalue weighted by Crippen LogP contribution is -2.48. The number of aryl methyl sites for hydroxylation is 2. The molecule has 1 saturated heterocycles. The number of hydrogen-bond acceptors (Lipinski definition) is 6. The fourth-order valence-corrected chi connectivity index (χ4v) is 7.07. The van der Waals surface area contributed by atoms with Gasteiger partial charge in [0.25, 0.3) is 15.9 Å². The van der Waals surface area contributed by atoms with Crippen LogP contribution in [-0.2, 0) is 16.4 Å². The Bertz CT molecular complexity index is 1590. The molecule has 2 aliphatic rings. The van der Waals surface area contributed by atoms with Gasteiger partial charge < -0.3 is 14.5 Å². The van der Waals surface area contributed by atoms with Gasteiger partial charge in [0.05, 0.1) is 24.2 Å². The second kappa shape index (κ2) is 12.6. The van der Waals surface area contributed by atoms with E-state index in [4.69, 9.17) is 4.74 Å². The fraction of sp³-hybridized carbons (Fsp3) is 0.394. The number of carbonyl (C=O) groups is 1. The van der Waals surface area contributed by atoms with Crippen molar-refractivity contribution in [1.82, 2.24) is 4.90 Å². The summed E-state index contributed by atoms with van der Waals surface area (Å²) in [5.41, 5.74) is 5.37. The van der Waals surface area contributed by atoms with Crippen LogP contribution < -0.4 is 14.4 Å². The Morgan fingerprint density at radius 3 is 2.45 bits per heavy atom. The number of nitrogens with one attached hydrogen (secondary N) is 1. The highest BCUT2D eigenvalue weighted by Gasteiger charge is 2.27. The van der Waals surface area contributed by atoms with E-state index in [2.05, 4.69) is 32.8 Å². The molecule has 3 aromatic carbocycles. The molecule has 2 fully saturated rings. The average Bonchev–Trinajstić information content (AvgIpc) is 2.97. The lowest BCUT2D eigenvalue weighted by molar-refractivity contribution is 0.0746. The summed E-state index contributed by atoms with van der Waals surface area (Å²) in [5, 5.41) is 0. The van der Waals surface area contributed by atoms with E-state index >= 15 is 0 Å². The van der Waals surface area contributed by atoms with Crippen LogP contribution in [0.5, 0.6) is 5.75 Å².